The summed E-state index contributed by atoms with van der Waals surface area (Å²) in [7, 11) is 0. The maximum absolute atomic E-state index is 13.0. The van der Waals surface area contributed by atoms with Crippen LogP contribution in [0.4, 0.5) is 0 Å². The summed E-state index contributed by atoms with van der Waals surface area (Å²) in [6.07, 6.45) is 0. The minimum absolute atomic E-state index is 0.119. The van der Waals surface area contributed by atoms with Crippen molar-refractivity contribution in [3.8, 4) is 6.07 Å². The van der Waals surface area contributed by atoms with Crippen molar-refractivity contribution in [2.24, 2.45) is 0 Å². The molecule has 0 aliphatic rings. The molecule has 2 aromatic carbocycles. The van der Waals surface area contributed by atoms with E-state index in [4.69, 9.17) is 5.26 Å². The standard InChI is InChI=1S/C20H18N4O2/c1-13(2)24(12-15-9-7-14(11-21)8-10-15)20(26)18-19(25)16-5-3-4-6-17(16)22-23-18/h3-10,13H,12H2,1-2H3,(H,22,25). The monoisotopic (exact) mass is 346 g/mol. The maximum atomic E-state index is 13.0. The fourth-order valence-electron chi connectivity index (χ4n) is 2.72. The molecule has 130 valence electrons. The van der Waals surface area contributed by atoms with Gasteiger partial charge in [0.05, 0.1) is 17.1 Å². The Morgan fingerprint density at radius 3 is 2.54 bits per heavy atom. The van der Waals surface area contributed by atoms with E-state index in [-0.39, 0.29) is 17.2 Å². The van der Waals surface area contributed by atoms with E-state index in [0.29, 0.717) is 23.0 Å². The summed E-state index contributed by atoms with van der Waals surface area (Å²) in [4.78, 5) is 27.2. The SMILES string of the molecule is CC(C)N(Cc1ccc(C#N)cc1)C(=O)c1n[nH]c2ccccc2c1=O. The second kappa shape index (κ2) is 7.19. The molecule has 0 aliphatic carbocycles. The van der Waals surface area contributed by atoms with Crippen LogP contribution in [0.25, 0.3) is 10.9 Å². The molecular weight excluding hydrogens is 328 g/mol. The smallest absolute Gasteiger partial charge is 0.278 e. The first kappa shape index (κ1) is 17.4. The Labute approximate surface area is 150 Å². The number of carbonyl (C=O) groups is 1. The number of amides is 1. The summed E-state index contributed by atoms with van der Waals surface area (Å²) in [6.45, 7) is 4.10. The van der Waals surface area contributed by atoms with Crippen LogP contribution in [0.3, 0.4) is 0 Å². The Balaban J connectivity index is 1.95. The number of carbonyl (C=O) groups excluding carboxylic acids is 1. The number of aromatic amines is 1. The molecule has 26 heavy (non-hydrogen) atoms. The molecule has 1 amide bonds. The molecule has 0 aliphatic heterocycles. The molecule has 1 N–H and O–H groups in total. The van der Waals surface area contributed by atoms with Gasteiger partial charge in [-0.15, -0.1) is 0 Å². The van der Waals surface area contributed by atoms with Gasteiger partial charge in [0.1, 0.15) is 0 Å². The van der Waals surface area contributed by atoms with Crippen molar-refractivity contribution in [2.75, 3.05) is 0 Å². The molecule has 0 spiro atoms. The third-order valence-corrected chi connectivity index (χ3v) is 4.20. The van der Waals surface area contributed by atoms with Gasteiger partial charge in [-0.2, -0.15) is 10.4 Å². The minimum Gasteiger partial charge on any atom is -0.330 e. The van der Waals surface area contributed by atoms with Crippen LogP contribution in [0.15, 0.2) is 53.3 Å². The van der Waals surface area contributed by atoms with Gasteiger partial charge in [0, 0.05) is 18.0 Å². The number of nitrogens with one attached hydrogen (secondary N) is 1. The second-order valence-electron chi connectivity index (χ2n) is 6.28. The Kier molecular flexibility index (Phi) is 4.81. The number of para-hydroxylation sites is 1. The number of nitrogens with zero attached hydrogens (tertiary/aromatic N) is 3. The Morgan fingerprint density at radius 2 is 1.88 bits per heavy atom. The normalized spacial score (nSPS) is 10.7. The Morgan fingerprint density at radius 1 is 1.19 bits per heavy atom. The first-order valence-corrected chi connectivity index (χ1v) is 8.28. The number of H-pyrrole nitrogens is 1. The molecule has 0 fully saturated rings. The summed E-state index contributed by atoms with van der Waals surface area (Å²) >= 11 is 0. The van der Waals surface area contributed by atoms with Crippen LogP contribution >= 0.6 is 0 Å². The lowest BCUT2D eigenvalue weighted by molar-refractivity contribution is 0.0682. The number of fused-ring (bicyclic) bond motifs is 1. The molecule has 0 atom stereocenters. The van der Waals surface area contributed by atoms with E-state index in [1.807, 2.05) is 13.8 Å². The molecule has 0 saturated carbocycles. The quantitative estimate of drug-likeness (QED) is 0.786. The highest BCUT2D eigenvalue weighted by molar-refractivity contribution is 5.95. The molecule has 3 rings (SSSR count). The first-order valence-electron chi connectivity index (χ1n) is 8.28. The van der Waals surface area contributed by atoms with E-state index >= 15 is 0 Å². The summed E-state index contributed by atoms with van der Waals surface area (Å²) in [6, 6.07) is 15.9. The summed E-state index contributed by atoms with van der Waals surface area (Å²) in [5, 5.41) is 16.1. The lowest BCUT2D eigenvalue weighted by Gasteiger charge is -2.26. The highest BCUT2D eigenvalue weighted by atomic mass is 16.2. The molecule has 0 bridgehead atoms. The first-order chi connectivity index (χ1) is 12.5. The van der Waals surface area contributed by atoms with Crippen LogP contribution in [0.2, 0.25) is 0 Å². The van der Waals surface area contributed by atoms with Crippen LogP contribution in [0.1, 0.15) is 35.5 Å². The molecule has 3 aromatic rings. The number of rotatable bonds is 4. The number of benzene rings is 2. The van der Waals surface area contributed by atoms with Gasteiger partial charge in [-0.1, -0.05) is 24.3 Å². The minimum atomic E-state index is -0.420. The average Bonchev–Trinajstić information content (AvgIpc) is 2.66. The van der Waals surface area contributed by atoms with E-state index in [1.54, 1.807) is 53.4 Å². The zero-order chi connectivity index (χ0) is 18.7. The zero-order valence-electron chi connectivity index (χ0n) is 14.6. The van der Waals surface area contributed by atoms with Crippen LogP contribution in [-0.4, -0.2) is 27.0 Å². The topological polar surface area (TPSA) is 89.8 Å². The predicted octanol–water partition coefficient (Wildman–Crippen LogP) is 2.85. The lowest BCUT2D eigenvalue weighted by Crippen LogP contribution is -2.39. The van der Waals surface area contributed by atoms with Gasteiger partial charge in [-0.25, -0.2) is 0 Å². The lowest BCUT2D eigenvalue weighted by atomic mass is 10.1. The van der Waals surface area contributed by atoms with Gasteiger partial charge in [0.25, 0.3) is 5.91 Å². The van der Waals surface area contributed by atoms with Gasteiger partial charge in [-0.3, -0.25) is 14.7 Å². The predicted molar refractivity (Wildman–Crippen MR) is 98.5 cm³/mol. The van der Waals surface area contributed by atoms with Crippen molar-refractivity contribution in [2.45, 2.75) is 26.4 Å². The molecule has 6 heteroatoms. The largest absolute Gasteiger partial charge is 0.330 e. The Hall–Kier alpha value is -3.46. The van der Waals surface area contributed by atoms with Crippen LogP contribution in [0, 0.1) is 11.3 Å². The van der Waals surface area contributed by atoms with Gasteiger partial charge in [0.2, 0.25) is 5.43 Å². The van der Waals surface area contributed by atoms with Crippen molar-refractivity contribution >= 4 is 16.8 Å². The molecule has 1 heterocycles. The van der Waals surface area contributed by atoms with Gasteiger partial charge >= 0.3 is 0 Å². The maximum Gasteiger partial charge on any atom is 0.278 e. The van der Waals surface area contributed by atoms with Crippen molar-refractivity contribution < 1.29 is 4.79 Å². The molecular formula is C20H18N4O2. The third-order valence-electron chi connectivity index (χ3n) is 4.20. The van der Waals surface area contributed by atoms with Gasteiger partial charge in [-0.05, 0) is 43.7 Å². The fraction of sp³-hybridized carbons (Fsp3) is 0.200. The molecule has 1 aromatic heterocycles. The average molecular weight is 346 g/mol. The van der Waals surface area contributed by atoms with Crippen molar-refractivity contribution in [3.05, 3.63) is 75.6 Å². The van der Waals surface area contributed by atoms with E-state index < -0.39 is 5.91 Å². The molecule has 6 nitrogen and oxygen atoms in total. The van der Waals surface area contributed by atoms with E-state index in [1.165, 1.54) is 0 Å². The van der Waals surface area contributed by atoms with Crippen molar-refractivity contribution in [1.82, 2.24) is 15.1 Å². The summed E-state index contributed by atoms with van der Waals surface area (Å²) in [5.74, 6) is -0.420. The van der Waals surface area contributed by atoms with Crippen molar-refractivity contribution in [3.63, 3.8) is 0 Å². The number of hydrogen-bond acceptors (Lipinski definition) is 4. The van der Waals surface area contributed by atoms with Crippen LogP contribution in [-0.2, 0) is 6.54 Å². The second-order valence-corrected chi connectivity index (χ2v) is 6.28. The van der Waals surface area contributed by atoms with Gasteiger partial charge in [0.15, 0.2) is 5.69 Å². The number of nitriles is 1. The highest BCUT2D eigenvalue weighted by Gasteiger charge is 2.24. The zero-order valence-corrected chi connectivity index (χ0v) is 14.6. The summed E-state index contributed by atoms with van der Waals surface area (Å²) in [5.41, 5.74) is 1.53. The van der Waals surface area contributed by atoms with Crippen LogP contribution in [0.5, 0.6) is 0 Å². The molecule has 0 unspecified atom stereocenters. The van der Waals surface area contributed by atoms with E-state index in [9.17, 15) is 9.59 Å². The van der Waals surface area contributed by atoms with E-state index in [2.05, 4.69) is 16.3 Å². The van der Waals surface area contributed by atoms with E-state index in [0.717, 1.165) is 5.56 Å². The van der Waals surface area contributed by atoms with Crippen molar-refractivity contribution in [1.29, 1.82) is 5.26 Å². The van der Waals surface area contributed by atoms with Crippen LogP contribution < -0.4 is 5.43 Å². The Bertz CT molecular complexity index is 1050. The third kappa shape index (κ3) is 3.33. The summed E-state index contributed by atoms with van der Waals surface area (Å²) < 4.78 is 0. The van der Waals surface area contributed by atoms with Gasteiger partial charge < -0.3 is 4.90 Å². The fourth-order valence-corrected chi connectivity index (χ4v) is 2.72. The highest BCUT2D eigenvalue weighted by Crippen LogP contribution is 2.13. The number of aromatic nitrogens is 2. The molecule has 0 saturated heterocycles. The molecule has 0 radical (unpaired) electrons. The number of hydrogen-bond donors (Lipinski definition) is 1.